The Hall–Kier alpha value is -2.61. The molecule has 1 fully saturated rings. The maximum Gasteiger partial charge on any atom is 0.251 e. The molecular formula is C28H33NO. The van der Waals surface area contributed by atoms with Crippen LogP contribution in [-0.4, -0.2) is 5.91 Å². The minimum Gasteiger partial charge on any atom is -0.322 e. The molecule has 2 aliphatic carbocycles. The molecule has 1 N–H and O–H groups in total. The van der Waals surface area contributed by atoms with Gasteiger partial charge in [0.25, 0.3) is 5.91 Å². The quantitative estimate of drug-likeness (QED) is 0.573. The molecule has 1 amide bonds. The number of aryl methyl sites for hydroxylation is 1. The van der Waals surface area contributed by atoms with Gasteiger partial charge < -0.3 is 5.32 Å². The number of anilines is 1. The van der Waals surface area contributed by atoms with E-state index in [-0.39, 0.29) is 5.91 Å². The summed E-state index contributed by atoms with van der Waals surface area (Å²) in [6.45, 7) is 6.74. The van der Waals surface area contributed by atoms with Crippen LogP contribution in [0.25, 0.3) is 11.1 Å². The number of hydrogen-bond acceptors (Lipinski definition) is 1. The highest BCUT2D eigenvalue weighted by atomic mass is 16.1. The van der Waals surface area contributed by atoms with Crippen LogP contribution in [0, 0.1) is 24.7 Å². The summed E-state index contributed by atoms with van der Waals surface area (Å²) in [5, 5.41) is 3.08. The number of carbonyl (C=O) groups is 1. The van der Waals surface area contributed by atoms with E-state index in [0.29, 0.717) is 11.8 Å². The molecular weight excluding hydrogens is 366 g/mol. The Morgan fingerprint density at radius 2 is 1.43 bits per heavy atom. The van der Waals surface area contributed by atoms with Crippen molar-refractivity contribution in [3.8, 4) is 11.1 Å². The Bertz CT molecular complexity index is 941. The first-order valence-electron chi connectivity index (χ1n) is 11.4. The third-order valence-corrected chi connectivity index (χ3v) is 6.88. The molecule has 0 spiro atoms. The molecule has 0 saturated heterocycles. The largest absolute Gasteiger partial charge is 0.322 e. The van der Waals surface area contributed by atoms with Gasteiger partial charge in [-0.05, 0) is 67.2 Å². The highest BCUT2D eigenvalue weighted by Crippen LogP contribution is 2.39. The van der Waals surface area contributed by atoms with Crippen LogP contribution in [0.3, 0.4) is 0 Å². The fourth-order valence-electron chi connectivity index (χ4n) is 4.88. The van der Waals surface area contributed by atoms with Gasteiger partial charge in [-0.15, -0.1) is 0 Å². The van der Waals surface area contributed by atoms with E-state index < -0.39 is 0 Å². The third-order valence-electron chi connectivity index (χ3n) is 6.88. The van der Waals surface area contributed by atoms with Gasteiger partial charge in [0.05, 0.1) is 0 Å². The van der Waals surface area contributed by atoms with Gasteiger partial charge in [-0.2, -0.15) is 0 Å². The molecule has 4 rings (SSSR count). The molecule has 1 saturated carbocycles. The van der Waals surface area contributed by atoms with E-state index in [9.17, 15) is 4.79 Å². The van der Waals surface area contributed by atoms with Gasteiger partial charge in [-0.25, -0.2) is 0 Å². The second kappa shape index (κ2) is 9.04. The van der Waals surface area contributed by atoms with Crippen molar-refractivity contribution in [1.82, 2.24) is 0 Å². The van der Waals surface area contributed by atoms with Crippen LogP contribution < -0.4 is 5.32 Å². The van der Waals surface area contributed by atoms with Crippen molar-refractivity contribution < 1.29 is 4.79 Å². The average molecular weight is 400 g/mol. The predicted octanol–water partition coefficient (Wildman–Crippen LogP) is 7.32. The zero-order valence-electron chi connectivity index (χ0n) is 18.4. The fraction of sp³-hybridized carbons (Fsp3) is 0.393. The molecule has 0 bridgehead atoms. The van der Waals surface area contributed by atoms with Crippen molar-refractivity contribution in [3.05, 3.63) is 77.4 Å². The normalized spacial score (nSPS) is 24.0. The molecule has 2 nitrogen and oxygen atoms in total. The molecule has 1 unspecified atom stereocenters. The van der Waals surface area contributed by atoms with Crippen LogP contribution in [0.4, 0.5) is 5.69 Å². The SMILES string of the molecule is Cc1ccc(-c2ccc(NC(=O)C3=CC=C(C4CCC(C)CC4)C(C)C3)cc2)cc1. The number of carbonyl (C=O) groups excluding carboxylic acids is 1. The zero-order valence-corrected chi connectivity index (χ0v) is 18.4. The lowest BCUT2D eigenvalue weighted by molar-refractivity contribution is -0.113. The minimum absolute atomic E-state index is 0.0255. The summed E-state index contributed by atoms with van der Waals surface area (Å²) in [4.78, 5) is 12.8. The summed E-state index contributed by atoms with van der Waals surface area (Å²) in [6.07, 6.45) is 10.4. The van der Waals surface area contributed by atoms with Gasteiger partial charge >= 0.3 is 0 Å². The second-order valence-corrected chi connectivity index (χ2v) is 9.32. The van der Waals surface area contributed by atoms with Gasteiger partial charge in [0, 0.05) is 11.3 Å². The number of allylic oxidation sites excluding steroid dienone is 3. The molecule has 30 heavy (non-hydrogen) atoms. The lowest BCUT2D eigenvalue weighted by atomic mass is 9.73. The number of nitrogens with one attached hydrogen (secondary N) is 1. The van der Waals surface area contributed by atoms with Crippen LogP contribution in [0.5, 0.6) is 0 Å². The number of amides is 1. The maximum atomic E-state index is 12.8. The van der Waals surface area contributed by atoms with Gasteiger partial charge in [-0.1, -0.05) is 86.4 Å². The third kappa shape index (κ3) is 4.75. The first-order chi connectivity index (χ1) is 14.5. The summed E-state index contributed by atoms with van der Waals surface area (Å²) >= 11 is 0. The zero-order chi connectivity index (χ0) is 21.1. The molecule has 0 aromatic heterocycles. The Morgan fingerprint density at radius 1 is 0.833 bits per heavy atom. The number of benzene rings is 2. The topological polar surface area (TPSA) is 29.1 Å². The van der Waals surface area contributed by atoms with E-state index in [1.807, 2.05) is 12.1 Å². The van der Waals surface area contributed by atoms with Crippen LogP contribution in [0.15, 0.2) is 71.8 Å². The monoisotopic (exact) mass is 399 g/mol. The van der Waals surface area contributed by atoms with Gasteiger partial charge in [0.1, 0.15) is 0 Å². The summed E-state index contributed by atoms with van der Waals surface area (Å²) in [5.74, 6) is 2.07. The standard InChI is InChI=1S/C28H33NO/c1-19-4-8-22(9-5-19)23-12-15-26(16-13-23)29-28(30)25-14-17-27(21(3)18-25)24-10-6-20(2)7-11-24/h4-5,8-9,12-17,20-21,24H,6-7,10-11,18H2,1-3H3,(H,29,30). The lowest BCUT2D eigenvalue weighted by Crippen LogP contribution is -2.23. The van der Waals surface area contributed by atoms with Crippen LogP contribution in [0.2, 0.25) is 0 Å². The first-order valence-corrected chi connectivity index (χ1v) is 11.4. The second-order valence-electron chi connectivity index (χ2n) is 9.32. The van der Waals surface area contributed by atoms with E-state index in [2.05, 4.69) is 74.6 Å². The Balaban J connectivity index is 1.40. The molecule has 2 aliphatic rings. The summed E-state index contributed by atoms with van der Waals surface area (Å²) in [5.41, 5.74) is 6.90. The molecule has 2 aromatic rings. The van der Waals surface area contributed by atoms with Crippen molar-refractivity contribution in [2.45, 2.75) is 52.9 Å². The smallest absolute Gasteiger partial charge is 0.251 e. The molecule has 0 heterocycles. The summed E-state index contributed by atoms with van der Waals surface area (Å²) in [6, 6.07) is 16.6. The van der Waals surface area contributed by atoms with E-state index >= 15 is 0 Å². The van der Waals surface area contributed by atoms with Gasteiger partial charge in [0.2, 0.25) is 0 Å². The Labute approximate surface area is 181 Å². The average Bonchev–Trinajstić information content (AvgIpc) is 2.75. The van der Waals surface area contributed by atoms with E-state index in [4.69, 9.17) is 0 Å². The van der Waals surface area contributed by atoms with Crippen molar-refractivity contribution in [2.24, 2.45) is 17.8 Å². The van der Waals surface area contributed by atoms with E-state index in [1.54, 1.807) is 5.57 Å². The van der Waals surface area contributed by atoms with E-state index in [0.717, 1.165) is 29.2 Å². The number of hydrogen-bond donors (Lipinski definition) is 1. The fourth-order valence-corrected chi connectivity index (χ4v) is 4.88. The molecule has 2 heteroatoms. The highest BCUT2D eigenvalue weighted by Gasteiger charge is 2.27. The van der Waals surface area contributed by atoms with Crippen molar-refractivity contribution in [3.63, 3.8) is 0 Å². The van der Waals surface area contributed by atoms with Gasteiger partial charge in [-0.3, -0.25) is 4.79 Å². The van der Waals surface area contributed by atoms with Gasteiger partial charge in [0.15, 0.2) is 0 Å². The van der Waals surface area contributed by atoms with Crippen molar-refractivity contribution in [1.29, 1.82) is 0 Å². The van der Waals surface area contributed by atoms with Crippen molar-refractivity contribution >= 4 is 11.6 Å². The predicted molar refractivity (Wildman–Crippen MR) is 126 cm³/mol. The van der Waals surface area contributed by atoms with Crippen LogP contribution in [0.1, 0.15) is 51.5 Å². The van der Waals surface area contributed by atoms with E-state index in [1.165, 1.54) is 36.8 Å². The molecule has 0 radical (unpaired) electrons. The van der Waals surface area contributed by atoms with Crippen LogP contribution >= 0.6 is 0 Å². The Kier molecular flexibility index (Phi) is 6.22. The highest BCUT2D eigenvalue weighted by molar-refractivity contribution is 6.04. The maximum absolute atomic E-state index is 12.8. The summed E-state index contributed by atoms with van der Waals surface area (Å²) < 4.78 is 0. The first kappa shape index (κ1) is 20.7. The minimum atomic E-state index is 0.0255. The molecule has 0 aliphatic heterocycles. The number of rotatable bonds is 4. The molecule has 1 atom stereocenters. The van der Waals surface area contributed by atoms with Crippen LogP contribution in [-0.2, 0) is 4.79 Å². The lowest BCUT2D eigenvalue weighted by Gasteiger charge is -2.32. The molecule has 156 valence electrons. The molecule has 2 aromatic carbocycles. The Morgan fingerprint density at radius 3 is 2.03 bits per heavy atom. The van der Waals surface area contributed by atoms with Crippen molar-refractivity contribution in [2.75, 3.05) is 5.32 Å². The summed E-state index contributed by atoms with van der Waals surface area (Å²) in [7, 11) is 0.